The molecule has 0 saturated heterocycles. The van der Waals surface area contributed by atoms with E-state index in [0.29, 0.717) is 6.07 Å². The lowest BCUT2D eigenvalue weighted by Gasteiger charge is -1.96. The molecule has 2 aromatic carbocycles. The minimum Gasteiger partial charge on any atom is -0.207 e. The fourth-order valence-corrected chi connectivity index (χ4v) is 1.64. The van der Waals surface area contributed by atoms with E-state index < -0.39 is 34.9 Å². The molecular weight excluding hydrogens is 320 g/mol. The minimum atomic E-state index is -1.42. The van der Waals surface area contributed by atoms with Crippen LogP contribution in [0.15, 0.2) is 24.3 Å². The monoisotopic (exact) mass is 328 g/mol. The van der Waals surface area contributed by atoms with E-state index in [-0.39, 0.29) is 10.6 Å². The van der Waals surface area contributed by atoms with E-state index in [1.807, 2.05) is 18.5 Å². The maximum Gasteiger partial charge on any atom is 0.195 e. The Kier molecular flexibility index (Phi) is 5.97. The molecule has 0 aromatic heterocycles. The normalized spacial score (nSPS) is 10.0. The molecule has 0 heterocycles. The summed E-state index contributed by atoms with van der Waals surface area (Å²) in [7, 11) is 3.86. The highest BCUT2D eigenvalue weighted by molar-refractivity contribution is 7.27. The van der Waals surface area contributed by atoms with Gasteiger partial charge in [0.1, 0.15) is 5.82 Å². The highest BCUT2D eigenvalue weighted by atomic mass is 31.0. The Bertz CT molecular complexity index is 580. The van der Waals surface area contributed by atoms with Gasteiger partial charge in [-0.25, -0.2) is 26.3 Å². The van der Waals surface area contributed by atoms with Gasteiger partial charge in [0, 0.05) is 16.7 Å². The van der Waals surface area contributed by atoms with E-state index in [0.717, 1.165) is 18.2 Å². The molecule has 2 atom stereocenters. The summed E-state index contributed by atoms with van der Waals surface area (Å²) in [5.41, 5.74) is 0. The Morgan fingerprint density at radius 3 is 1.70 bits per heavy atom. The van der Waals surface area contributed by atoms with Crippen LogP contribution in [0.25, 0.3) is 0 Å². The van der Waals surface area contributed by atoms with Gasteiger partial charge in [0.2, 0.25) is 0 Å². The van der Waals surface area contributed by atoms with Gasteiger partial charge in [0.25, 0.3) is 0 Å². The number of hydrogen-bond donors (Lipinski definition) is 0. The second-order valence-electron chi connectivity index (χ2n) is 3.56. The van der Waals surface area contributed by atoms with Crippen molar-refractivity contribution >= 4 is 29.1 Å². The van der Waals surface area contributed by atoms with Gasteiger partial charge < -0.3 is 0 Å². The zero-order valence-corrected chi connectivity index (χ0v) is 12.0. The molecule has 2 aromatic rings. The SMILES string of the molecule is Fc1cc(F)c(F)c(P)c1.Fc1ccc(P)c(F)c1F. The van der Waals surface area contributed by atoms with Gasteiger partial charge in [0.15, 0.2) is 29.1 Å². The maximum absolute atomic E-state index is 12.4. The van der Waals surface area contributed by atoms with Gasteiger partial charge in [-0.1, -0.05) is 0 Å². The second-order valence-corrected chi connectivity index (χ2v) is 4.80. The predicted molar refractivity (Wildman–Crippen MR) is 71.3 cm³/mol. The zero-order valence-electron chi connectivity index (χ0n) is 9.73. The van der Waals surface area contributed by atoms with Crippen LogP contribution in [-0.4, -0.2) is 0 Å². The minimum absolute atomic E-state index is 0.0268. The molecule has 8 heteroatoms. The van der Waals surface area contributed by atoms with Crippen molar-refractivity contribution in [3.63, 3.8) is 0 Å². The van der Waals surface area contributed by atoms with Crippen LogP contribution < -0.4 is 10.6 Å². The molecule has 108 valence electrons. The van der Waals surface area contributed by atoms with Crippen molar-refractivity contribution in [2.75, 3.05) is 0 Å². The number of halogens is 6. The number of hydrogen-bond acceptors (Lipinski definition) is 0. The fourth-order valence-electron chi connectivity index (χ4n) is 1.12. The van der Waals surface area contributed by atoms with Gasteiger partial charge in [-0.3, -0.25) is 0 Å². The van der Waals surface area contributed by atoms with Crippen LogP contribution in [0.4, 0.5) is 26.3 Å². The van der Waals surface area contributed by atoms with Crippen LogP contribution in [-0.2, 0) is 0 Å². The van der Waals surface area contributed by atoms with Crippen molar-refractivity contribution in [2.45, 2.75) is 0 Å². The Hall–Kier alpha value is -1.12. The topological polar surface area (TPSA) is 0 Å². The first-order valence-corrected chi connectivity index (χ1v) is 6.18. The lowest BCUT2D eigenvalue weighted by Crippen LogP contribution is -2.03. The quantitative estimate of drug-likeness (QED) is 0.302. The molecule has 0 amide bonds. The molecule has 0 saturated carbocycles. The highest BCUT2D eigenvalue weighted by Crippen LogP contribution is 2.09. The summed E-state index contributed by atoms with van der Waals surface area (Å²) in [6.07, 6.45) is 0. The zero-order chi connectivity index (χ0) is 15.4. The third-order valence-electron chi connectivity index (χ3n) is 2.09. The molecule has 2 rings (SSSR count). The third-order valence-corrected chi connectivity index (χ3v) is 2.95. The van der Waals surface area contributed by atoms with Crippen LogP contribution in [0.5, 0.6) is 0 Å². The predicted octanol–water partition coefficient (Wildman–Crippen LogP) is 3.21. The summed E-state index contributed by atoms with van der Waals surface area (Å²) in [5, 5.41) is -0.0728. The lowest BCUT2D eigenvalue weighted by molar-refractivity contribution is 0.451. The van der Waals surface area contributed by atoms with Gasteiger partial charge in [0.05, 0.1) is 0 Å². The summed E-state index contributed by atoms with van der Waals surface area (Å²) >= 11 is 0. The molecule has 0 fully saturated rings. The van der Waals surface area contributed by atoms with Crippen LogP contribution in [0, 0.1) is 34.9 Å². The number of benzene rings is 2. The summed E-state index contributed by atoms with van der Waals surface area (Å²) in [6, 6.07) is 3.44. The smallest absolute Gasteiger partial charge is 0.195 e. The van der Waals surface area contributed by atoms with E-state index in [1.54, 1.807) is 0 Å². The Labute approximate surface area is 115 Å². The van der Waals surface area contributed by atoms with Crippen LogP contribution >= 0.6 is 18.5 Å². The average Bonchev–Trinajstić information content (AvgIpc) is 2.39. The molecule has 20 heavy (non-hydrogen) atoms. The van der Waals surface area contributed by atoms with Crippen molar-refractivity contribution < 1.29 is 26.3 Å². The van der Waals surface area contributed by atoms with E-state index in [2.05, 4.69) is 0 Å². The third kappa shape index (κ3) is 4.19. The Balaban J connectivity index is 0.000000200. The van der Waals surface area contributed by atoms with Gasteiger partial charge in [-0.15, -0.1) is 18.5 Å². The van der Waals surface area contributed by atoms with Gasteiger partial charge in [-0.2, -0.15) is 0 Å². The molecule has 0 radical (unpaired) electrons. The molecule has 0 aliphatic rings. The first kappa shape index (κ1) is 16.9. The maximum atomic E-state index is 12.4. The molecule has 0 bridgehead atoms. The van der Waals surface area contributed by atoms with E-state index >= 15 is 0 Å². The second kappa shape index (κ2) is 7.05. The largest absolute Gasteiger partial charge is 0.207 e. The van der Waals surface area contributed by atoms with Crippen molar-refractivity contribution in [2.24, 2.45) is 0 Å². The summed E-state index contributed by atoms with van der Waals surface area (Å²) < 4.78 is 73.5. The average molecular weight is 328 g/mol. The van der Waals surface area contributed by atoms with Crippen molar-refractivity contribution in [3.05, 3.63) is 59.2 Å². The summed E-state index contributed by atoms with van der Waals surface area (Å²) in [6.45, 7) is 0. The van der Waals surface area contributed by atoms with E-state index in [4.69, 9.17) is 0 Å². The lowest BCUT2D eigenvalue weighted by atomic mass is 10.3. The number of rotatable bonds is 0. The first-order chi connectivity index (χ1) is 9.23. The van der Waals surface area contributed by atoms with Gasteiger partial charge >= 0.3 is 0 Å². The summed E-state index contributed by atoms with van der Waals surface area (Å²) in [5.74, 6) is -6.69. The van der Waals surface area contributed by atoms with Crippen molar-refractivity contribution in [3.8, 4) is 0 Å². The van der Waals surface area contributed by atoms with E-state index in [9.17, 15) is 26.3 Å². The molecule has 0 N–H and O–H groups in total. The van der Waals surface area contributed by atoms with Crippen LogP contribution in [0.3, 0.4) is 0 Å². The molecule has 0 nitrogen and oxygen atoms in total. The Morgan fingerprint density at radius 2 is 1.20 bits per heavy atom. The molecule has 0 spiro atoms. The van der Waals surface area contributed by atoms with E-state index in [1.165, 1.54) is 0 Å². The fraction of sp³-hybridized carbons (Fsp3) is 0. The molecular formula is C12H8F6P2. The van der Waals surface area contributed by atoms with Crippen molar-refractivity contribution in [1.82, 2.24) is 0 Å². The molecule has 0 aliphatic heterocycles. The van der Waals surface area contributed by atoms with Crippen LogP contribution in [0.2, 0.25) is 0 Å². The standard InChI is InChI=1S/2C6H4F3P/c7-3-1-4(8)6(9)5(10)2-3;7-3-1-2-4(10)6(9)5(3)8/h2*1-2H,10H2. The van der Waals surface area contributed by atoms with Crippen molar-refractivity contribution in [1.29, 1.82) is 0 Å². The Morgan fingerprint density at radius 1 is 0.600 bits per heavy atom. The van der Waals surface area contributed by atoms with Gasteiger partial charge in [-0.05, 0) is 18.2 Å². The molecule has 2 unspecified atom stereocenters. The first-order valence-electron chi connectivity index (χ1n) is 5.03. The summed E-state index contributed by atoms with van der Waals surface area (Å²) in [4.78, 5) is 0. The molecule has 0 aliphatic carbocycles. The van der Waals surface area contributed by atoms with Crippen LogP contribution in [0.1, 0.15) is 0 Å². The highest BCUT2D eigenvalue weighted by Gasteiger charge is 2.09.